The molecule has 0 saturated carbocycles. The number of hydrogen-bond acceptors (Lipinski definition) is 2. The number of hydrogen-bond donors (Lipinski definition) is 1. The highest BCUT2D eigenvalue weighted by Gasteiger charge is 2.17. The minimum Gasteiger partial charge on any atom is -0.311 e. The third-order valence-corrected chi connectivity index (χ3v) is 3.91. The highest BCUT2D eigenvalue weighted by atomic mass is 15.3. The Labute approximate surface area is 122 Å². The zero-order chi connectivity index (χ0) is 14.5. The van der Waals surface area contributed by atoms with Gasteiger partial charge in [-0.15, -0.1) is 0 Å². The van der Waals surface area contributed by atoms with E-state index in [4.69, 9.17) is 0 Å². The van der Waals surface area contributed by atoms with E-state index in [0.29, 0.717) is 6.04 Å². The number of aromatic nitrogens is 2. The Kier molecular flexibility index (Phi) is 4.96. The van der Waals surface area contributed by atoms with Crippen molar-refractivity contribution in [2.75, 3.05) is 7.05 Å². The summed E-state index contributed by atoms with van der Waals surface area (Å²) in [6, 6.07) is 11.2. The molecule has 0 spiro atoms. The van der Waals surface area contributed by atoms with E-state index in [1.165, 1.54) is 22.5 Å². The molecule has 0 aliphatic heterocycles. The number of benzene rings is 1. The van der Waals surface area contributed by atoms with Gasteiger partial charge in [0.05, 0.1) is 17.4 Å². The molecule has 0 fully saturated rings. The lowest BCUT2D eigenvalue weighted by molar-refractivity contribution is 0.511. The summed E-state index contributed by atoms with van der Waals surface area (Å²) in [5.41, 5.74) is 5.21. The number of likely N-dealkylation sites (N-methyl/N-ethyl adjacent to an activating group) is 1. The smallest absolute Gasteiger partial charge is 0.0625 e. The average Bonchev–Trinajstić information content (AvgIpc) is 2.89. The van der Waals surface area contributed by atoms with Crippen LogP contribution in [0.15, 0.2) is 30.3 Å². The summed E-state index contributed by atoms with van der Waals surface area (Å²) in [5, 5.41) is 8.10. The second-order valence-corrected chi connectivity index (χ2v) is 5.20. The van der Waals surface area contributed by atoms with E-state index in [-0.39, 0.29) is 0 Å². The molecule has 0 aliphatic carbocycles. The summed E-state index contributed by atoms with van der Waals surface area (Å²) in [7, 11) is 2.03. The zero-order valence-corrected chi connectivity index (χ0v) is 13.0. The SMILES string of the molecule is CCc1cc(C(Cc2ccccc2C)NC)n(CC)n1. The van der Waals surface area contributed by atoms with Crippen molar-refractivity contribution in [3.05, 3.63) is 52.8 Å². The molecule has 1 N–H and O–H groups in total. The molecule has 1 aromatic heterocycles. The van der Waals surface area contributed by atoms with E-state index in [2.05, 4.69) is 66.2 Å². The zero-order valence-electron chi connectivity index (χ0n) is 13.0. The molecule has 108 valence electrons. The molecule has 2 rings (SSSR count). The first-order valence-electron chi connectivity index (χ1n) is 7.48. The molecule has 1 heterocycles. The summed E-state index contributed by atoms with van der Waals surface area (Å²) in [6.07, 6.45) is 1.98. The maximum Gasteiger partial charge on any atom is 0.0625 e. The van der Waals surface area contributed by atoms with Crippen LogP contribution in [-0.2, 0) is 19.4 Å². The minimum absolute atomic E-state index is 0.309. The van der Waals surface area contributed by atoms with Gasteiger partial charge in [0.1, 0.15) is 0 Å². The van der Waals surface area contributed by atoms with Crippen molar-refractivity contribution in [1.82, 2.24) is 15.1 Å². The largest absolute Gasteiger partial charge is 0.311 e. The Morgan fingerprint density at radius 1 is 1.25 bits per heavy atom. The Balaban J connectivity index is 2.28. The van der Waals surface area contributed by atoms with Crippen LogP contribution >= 0.6 is 0 Å². The fourth-order valence-electron chi connectivity index (χ4n) is 2.61. The quantitative estimate of drug-likeness (QED) is 0.874. The first kappa shape index (κ1) is 14.8. The molecule has 0 bridgehead atoms. The van der Waals surface area contributed by atoms with Crippen LogP contribution in [0, 0.1) is 6.92 Å². The Morgan fingerprint density at radius 2 is 2.00 bits per heavy atom. The van der Waals surface area contributed by atoms with Crippen molar-refractivity contribution in [3.8, 4) is 0 Å². The molecule has 0 saturated heterocycles. The second kappa shape index (κ2) is 6.71. The molecule has 3 heteroatoms. The standard InChI is InChI=1S/C17H25N3/c1-5-15-12-17(20(6-2)19-15)16(18-4)11-14-10-8-7-9-13(14)3/h7-10,12,16,18H,5-6,11H2,1-4H3. The van der Waals surface area contributed by atoms with Gasteiger partial charge in [0.25, 0.3) is 0 Å². The fraction of sp³-hybridized carbons (Fsp3) is 0.471. The number of nitrogens with zero attached hydrogens (tertiary/aromatic N) is 2. The molecule has 3 nitrogen and oxygen atoms in total. The molecule has 1 atom stereocenters. The van der Waals surface area contributed by atoms with Gasteiger partial charge in [-0.3, -0.25) is 4.68 Å². The van der Waals surface area contributed by atoms with Gasteiger partial charge in [0.15, 0.2) is 0 Å². The van der Waals surface area contributed by atoms with Crippen LogP contribution in [0.1, 0.15) is 42.4 Å². The van der Waals surface area contributed by atoms with Gasteiger partial charge < -0.3 is 5.32 Å². The molecule has 20 heavy (non-hydrogen) atoms. The Bertz CT molecular complexity index is 557. The van der Waals surface area contributed by atoms with Crippen LogP contribution < -0.4 is 5.32 Å². The van der Waals surface area contributed by atoms with Gasteiger partial charge in [-0.25, -0.2) is 0 Å². The second-order valence-electron chi connectivity index (χ2n) is 5.20. The van der Waals surface area contributed by atoms with Crippen LogP contribution in [0.25, 0.3) is 0 Å². The predicted molar refractivity (Wildman–Crippen MR) is 84.0 cm³/mol. The maximum atomic E-state index is 4.66. The number of nitrogens with one attached hydrogen (secondary N) is 1. The van der Waals surface area contributed by atoms with Crippen molar-refractivity contribution in [2.24, 2.45) is 0 Å². The van der Waals surface area contributed by atoms with Crippen molar-refractivity contribution < 1.29 is 0 Å². The van der Waals surface area contributed by atoms with Gasteiger partial charge in [-0.2, -0.15) is 5.10 Å². The fourth-order valence-corrected chi connectivity index (χ4v) is 2.61. The summed E-state index contributed by atoms with van der Waals surface area (Å²) in [6.45, 7) is 7.40. The molecule has 2 aromatic rings. The monoisotopic (exact) mass is 271 g/mol. The Hall–Kier alpha value is -1.61. The third kappa shape index (κ3) is 3.10. The molecule has 1 aromatic carbocycles. The van der Waals surface area contributed by atoms with Crippen LogP contribution in [0.2, 0.25) is 0 Å². The van der Waals surface area contributed by atoms with Crippen molar-refractivity contribution >= 4 is 0 Å². The lowest BCUT2D eigenvalue weighted by Gasteiger charge is -2.18. The Morgan fingerprint density at radius 3 is 2.60 bits per heavy atom. The van der Waals surface area contributed by atoms with Gasteiger partial charge in [0.2, 0.25) is 0 Å². The highest BCUT2D eigenvalue weighted by molar-refractivity contribution is 5.28. The van der Waals surface area contributed by atoms with E-state index in [0.717, 1.165) is 19.4 Å². The molecular weight excluding hydrogens is 246 g/mol. The summed E-state index contributed by atoms with van der Waals surface area (Å²) in [4.78, 5) is 0. The topological polar surface area (TPSA) is 29.9 Å². The molecule has 1 unspecified atom stereocenters. The lowest BCUT2D eigenvalue weighted by Crippen LogP contribution is -2.22. The number of rotatable bonds is 6. The average molecular weight is 271 g/mol. The summed E-state index contributed by atoms with van der Waals surface area (Å²) in [5.74, 6) is 0. The van der Waals surface area contributed by atoms with Gasteiger partial charge in [-0.1, -0.05) is 31.2 Å². The first-order chi connectivity index (χ1) is 9.69. The molecular formula is C17H25N3. The van der Waals surface area contributed by atoms with Gasteiger partial charge in [-0.05, 0) is 50.9 Å². The first-order valence-corrected chi connectivity index (χ1v) is 7.48. The van der Waals surface area contributed by atoms with E-state index in [1.54, 1.807) is 0 Å². The van der Waals surface area contributed by atoms with Crippen molar-refractivity contribution in [2.45, 2.75) is 46.2 Å². The van der Waals surface area contributed by atoms with Gasteiger partial charge in [0, 0.05) is 6.54 Å². The van der Waals surface area contributed by atoms with E-state index >= 15 is 0 Å². The van der Waals surface area contributed by atoms with Crippen molar-refractivity contribution in [3.63, 3.8) is 0 Å². The lowest BCUT2D eigenvalue weighted by atomic mass is 9.99. The summed E-state index contributed by atoms with van der Waals surface area (Å²) >= 11 is 0. The van der Waals surface area contributed by atoms with E-state index < -0.39 is 0 Å². The van der Waals surface area contributed by atoms with Crippen molar-refractivity contribution in [1.29, 1.82) is 0 Å². The molecule has 0 aliphatic rings. The van der Waals surface area contributed by atoms with E-state index in [9.17, 15) is 0 Å². The summed E-state index contributed by atoms with van der Waals surface area (Å²) < 4.78 is 2.12. The minimum atomic E-state index is 0.309. The molecule has 0 amide bonds. The van der Waals surface area contributed by atoms with Crippen LogP contribution in [0.4, 0.5) is 0 Å². The van der Waals surface area contributed by atoms with Crippen LogP contribution in [0.5, 0.6) is 0 Å². The predicted octanol–water partition coefficient (Wildman–Crippen LogP) is 3.28. The van der Waals surface area contributed by atoms with Crippen LogP contribution in [0.3, 0.4) is 0 Å². The highest BCUT2D eigenvalue weighted by Crippen LogP contribution is 2.21. The maximum absolute atomic E-state index is 4.66. The molecule has 0 radical (unpaired) electrons. The van der Waals surface area contributed by atoms with E-state index in [1.807, 2.05) is 7.05 Å². The van der Waals surface area contributed by atoms with Crippen LogP contribution in [-0.4, -0.2) is 16.8 Å². The van der Waals surface area contributed by atoms with Gasteiger partial charge >= 0.3 is 0 Å². The number of aryl methyl sites for hydroxylation is 3. The normalized spacial score (nSPS) is 12.6. The third-order valence-electron chi connectivity index (χ3n) is 3.91.